The van der Waals surface area contributed by atoms with Crippen molar-refractivity contribution in [3.8, 4) is 0 Å². The predicted molar refractivity (Wildman–Crippen MR) is 70.9 cm³/mol. The molecule has 94 valence electrons. The highest BCUT2D eigenvalue weighted by Crippen LogP contribution is 2.17. The lowest BCUT2D eigenvalue weighted by molar-refractivity contribution is -0.125. The van der Waals surface area contributed by atoms with E-state index in [1.54, 1.807) is 29.4 Å². The molecule has 0 aliphatic heterocycles. The molecule has 0 aromatic carbocycles. The van der Waals surface area contributed by atoms with Crippen molar-refractivity contribution in [2.75, 3.05) is 7.05 Å². The summed E-state index contributed by atoms with van der Waals surface area (Å²) in [6, 6.07) is 2.03. The molecule has 1 amide bonds. The van der Waals surface area contributed by atoms with Crippen molar-refractivity contribution in [2.45, 2.75) is 13.5 Å². The fourth-order valence-corrected chi connectivity index (χ4v) is 2.26. The molecule has 0 radical (unpaired) electrons. The van der Waals surface area contributed by atoms with Crippen LogP contribution in [0.2, 0.25) is 0 Å². The second-order valence-corrected chi connectivity index (χ2v) is 4.88. The maximum atomic E-state index is 11.9. The van der Waals surface area contributed by atoms with Gasteiger partial charge in [0.1, 0.15) is 12.2 Å². The molecule has 0 unspecified atom stereocenters. The first-order valence-electron chi connectivity index (χ1n) is 5.48. The molecule has 0 atom stereocenters. The molecule has 0 bridgehead atoms. The molecule has 1 N–H and O–H groups in total. The summed E-state index contributed by atoms with van der Waals surface area (Å²) < 4.78 is 0. The first kappa shape index (κ1) is 12.5. The Hall–Kier alpha value is -1.95. The van der Waals surface area contributed by atoms with Gasteiger partial charge in [-0.15, -0.1) is 11.3 Å². The topological polar surface area (TPSA) is 61.9 Å². The van der Waals surface area contributed by atoms with E-state index in [9.17, 15) is 4.79 Å². The number of aromatic amines is 1. The van der Waals surface area contributed by atoms with Gasteiger partial charge in [0.25, 0.3) is 0 Å². The summed E-state index contributed by atoms with van der Waals surface area (Å²) in [5.74, 6) is 0.616. The van der Waals surface area contributed by atoms with Crippen LogP contribution in [0.5, 0.6) is 0 Å². The molecule has 0 aliphatic rings. The highest BCUT2D eigenvalue weighted by Gasteiger charge is 2.07. The maximum Gasteiger partial charge on any atom is 0.246 e. The van der Waals surface area contributed by atoms with Gasteiger partial charge in [-0.25, -0.2) is 4.98 Å². The van der Waals surface area contributed by atoms with Gasteiger partial charge < -0.3 is 4.90 Å². The maximum absolute atomic E-state index is 11.9. The molecule has 2 aromatic heterocycles. The average Bonchev–Trinajstić information content (AvgIpc) is 2.98. The van der Waals surface area contributed by atoms with Gasteiger partial charge in [-0.1, -0.05) is 0 Å². The van der Waals surface area contributed by atoms with Crippen molar-refractivity contribution in [1.82, 2.24) is 20.1 Å². The lowest BCUT2D eigenvalue weighted by Crippen LogP contribution is -2.24. The van der Waals surface area contributed by atoms with Crippen molar-refractivity contribution < 1.29 is 4.79 Å². The second-order valence-electron chi connectivity index (χ2n) is 3.93. The quantitative estimate of drug-likeness (QED) is 0.855. The van der Waals surface area contributed by atoms with E-state index in [4.69, 9.17) is 0 Å². The third kappa shape index (κ3) is 3.04. The molecule has 0 aliphatic carbocycles. The molecule has 2 heterocycles. The van der Waals surface area contributed by atoms with E-state index in [0.29, 0.717) is 12.4 Å². The highest BCUT2D eigenvalue weighted by molar-refractivity contribution is 7.11. The minimum Gasteiger partial charge on any atom is -0.335 e. The Balaban J connectivity index is 1.95. The lowest BCUT2D eigenvalue weighted by Gasteiger charge is -2.12. The molecule has 2 rings (SSSR count). The Morgan fingerprint density at radius 1 is 1.61 bits per heavy atom. The van der Waals surface area contributed by atoms with Crippen LogP contribution in [0.4, 0.5) is 0 Å². The smallest absolute Gasteiger partial charge is 0.246 e. The average molecular weight is 262 g/mol. The number of carbonyl (C=O) groups excluding carboxylic acids is 1. The van der Waals surface area contributed by atoms with Crippen molar-refractivity contribution in [3.63, 3.8) is 0 Å². The minimum absolute atomic E-state index is 0.0563. The summed E-state index contributed by atoms with van der Waals surface area (Å²) in [6.45, 7) is 2.45. The van der Waals surface area contributed by atoms with Gasteiger partial charge in [0.05, 0.1) is 6.54 Å². The van der Waals surface area contributed by atoms with Gasteiger partial charge in [0.15, 0.2) is 0 Å². The number of rotatable bonds is 4. The van der Waals surface area contributed by atoms with Crippen molar-refractivity contribution in [1.29, 1.82) is 0 Å². The Bertz CT molecular complexity index is 544. The standard InChI is InChI=1S/C12H14N4OS/c1-9-5-6-18-10(9)3-4-12(17)16(2)7-11-13-8-14-15-11/h3-6,8H,7H2,1-2H3,(H,13,14,15). The van der Waals surface area contributed by atoms with Crippen LogP contribution in [0.3, 0.4) is 0 Å². The van der Waals surface area contributed by atoms with E-state index < -0.39 is 0 Å². The van der Waals surface area contributed by atoms with Gasteiger partial charge in [0.2, 0.25) is 5.91 Å². The number of nitrogens with one attached hydrogen (secondary N) is 1. The van der Waals surface area contributed by atoms with Crippen LogP contribution in [0.15, 0.2) is 23.8 Å². The Morgan fingerprint density at radius 3 is 3.06 bits per heavy atom. The molecule has 0 saturated carbocycles. The van der Waals surface area contributed by atoms with Gasteiger partial charge in [-0.2, -0.15) is 5.10 Å². The van der Waals surface area contributed by atoms with Crippen molar-refractivity contribution in [3.05, 3.63) is 40.1 Å². The Kier molecular flexibility index (Phi) is 3.88. The SMILES string of the molecule is Cc1ccsc1C=CC(=O)N(C)Cc1ncn[nH]1. The Morgan fingerprint density at radius 2 is 2.44 bits per heavy atom. The van der Waals surface area contributed by atoms with Crippen LogP contribution in [0, 0.1) is 6.92 Å². The van der Waals surface area contributed by atoms with Crippen molar-refractivity contribution >= 4 is 23.3 Å². The summed E-state index contributed by atoms with van der Waals surface area (Å²) in [4.78, 5) is 18.5. The fourth-order valence-electron chi connectivity index (χ4n) is 1.44. The summed E-state index contributed by atoms with van der Waals surface area (Å²) in [5.41, 5.74) is 1.18. The van der Waals surface area contributed by atoms with Crippen LogP contribution in [-0.2, 0) is 11.3 Å². The molecule has 0 fully saturated rings. The monoisotopic (exact) mass is 262 g/mol. The summed E-state index contributed by atoms with van der Waals surface area (Å²) in [6.07, 6.45) is 4.85. The molecule has 5 nitrogen and oxygen atoms in total. The first-order valence-corrected chi connectivity index (χ1v) is 6.36. The molecule has 6 heteroatoms. The van der Waals surface area contributed by atoms with Crippen LogP contribution < -0.4 is 0 Å². The summed E-state index contributed by atoms with van der Waals surface area (Å²) in [5, 5.41) is 8.48. The van der Waals surface area contributed by atoms with E-state index in [0.717, 1.165) is 4.88 Å². The molecule has 0 saturated heterocycles. The van der Waals surface area contributed by atoms with Crippen LogP contribution in [0.1, 0.15) is 16.3 Å². The highest BCUT2D eigenvalue weighted by atomic mass is 32.1. The number of hydrogen-bond acceptors (Lipinski definition) is 4. The molecular weight excluding hydrogens is 248 g/mol. The number of amides is 1. The van der Waals surface area contributed by atoms with Gasteiger partial charge >= 0.3 is 0 Å². The zero-order valence-corrected chi connectivity index (χ0v) is 11.1. The zero-order valence-electron chi connectivity index (χ0n) is 10.3. The van der Waals surface area contributed by atoms with E-state index in [1.807, 2.05) is 24.4 Å². The molecule has 2 aromatic rings. The van der Waals surface area contributed by atoms with E-state index >= 15 is 0 Å². The van der Waals surface area contributed by atoms with E-state index in [2.05, 4.69) is 15.2 Å². The van der Waals surface area contributed by atoms with Crippen molar-refractivity contribution in [2.24, 2.45) is 0 Å². The largest absolute Gasteiger partial charge is 0.335 e. The molecule has 0 spiro atoms. The van der Waals surface area contributed by atoms with Crippen LogP contribution >= 0.6 is 11.3 Å². The molecular formula is C12H14N4OS. The lowest BCUT2D eigenvalue weighted by atomic mass is 10.3. The van der Waals surface area contributed by atoms with Gasteiger partial charge in [-0.05, 0) is 30.0 Å². The van der Waals surface area contributed by atoms with E-state index in [-0.39, 0.29) is 5.91 Å². The fraction of sp³-hybridized carbons (Fsp3) is 0.250. The van der Waals surface area contributed by atoms with E-state index in [1.165, 1.54) is 11.9 Å². The number of likely N-dealkylation sites (N-methyl/N-ethyl adjacent to an activating group) is 1. The number of hydrogen-bond donors (Lipinski definition) is 1. The summed E-state index contributed by atoms with van der Waals surface area (Å²) >= 11 is 1.62. The number of thiophene rings is 1. The third-order valence-corrected chi connectivity index (χ3v) is 3.49. The number of H-pyrrole nitrogens is 1. The van der Waals surface area contributed by atoms with Crippen LogP contribution in [0.25, 0.3) is 6.08 Å². The number of carbonyl (C=O) groups is 1. The third-order valence-electron chi connectivity index (χ3n) is 2.51. The number of aromatic nitrogens is 3. The van der Waals surface area contributed by atoms with Crippen LogP contribution in [-0.4, -0.2) is 33.0 Å². The molecule has 18 heavy (non-hydrogen) atoms. The Labute approximate surface area is 109 Å². The first-order chi connectivity index (χ1) is 8.66. The van der Waals surface area contributed by atoms with Gasteiger partial charge in [-0.3, -0.25) is 9.89 Å². The summed E-state index contributed by atoms with van der Waals surface area (Å²) in [7, 11) is 1.73. The number of nitrogens with zero attached hydrogens (tertiary/aromatic N) is 3. The normalized spacial score (nSPS) is 11.0. The predicted octanol–water partition coefficient (Wildman–Crippen LogP) is 1.85. The van der Waals surface area contributed by atoms with Gasteiger partial charge in [0, 0.05) is 18.0 Å². The second kappa shape index (κ2) is 5.59. The number of aryl methyl sites for hydroxylation is 1. The minimum atomic E-state index is -0.0563. The zero-order chi connectivity index (χ0) is 13.0.